The molecule has 1 atom stereocenters. The molecule has 1 fully saturated rings. The Bertz CT molecular complexity index is 1200. The van der Waals surface area contributed by atoms with E-state index >= 15 is 0 Å². The number of aryl methyl sites for hydroxylation is 1. The maximum atomic E-state index is 12.3. The number of rotatable bonds is 3. The van der Waals surface area contributed by atoms with Crippen molar-refractivity contribution in [3.8, 4) is 0 Å². The highest BCUT2D eigenvalue weighted by Crippen LogP contribution is 2.32. The number of halogens is 3. The third kappa shape index (κ3) is 3.94. The Labute approximate surface area is 181 Å². The summed E-state index contributed by atoms with van der Waals surface area (Å²) in [4.78, 5) is 16.5. The van der Waals surface area contributed by atoms with E-state index in [1.165, 1.54) is 16.8 Å². The standard InChI is InChI=1S/C18H14Cl3N3O4S/c1-9-13(16(21)24(23-9)11-4-5-29(26,27)8-11)7-15-18(25)28-17(22-15)12-3-2-10(19)6-14(12)20/h2-3,6-7,11H,4-5,8H2,1H3. The molecule has 0 saturated carbocycles. The smallest absolute Gasteiger partial charge is 0.363 e. The number of esters is 1. The molecule has 1 unspecified atom stereocenters. The highest BCUT2D eigenvalue weighted by molar-refractivity contribution is 7.91. The number of aliphatic imine (C=N–C) groups is 1. The SMILES string of the molecule is Cc1nn(C2CCS(=O)(=O)C2)c(Cl)c1C=C1N=C(c2ccc(Cl)cc2Cl)OC1=O. The van der Waals surface area contributed by atoms with Crippen molar-refractivity contribution < 1.29 is 17.9 Å². The number of cyclic esters (lactones) is 1. The quantitative estimate of drug-likeness (QED) is 0.498. The number of aromatic nitrogens is 2. The fourth-order valence-electron chi connectivity index (χ4n) is 3.23. The zero-order valence-electron chi connectivity index (χ0n) is 15.0. The van der Waals surface area contributed by atoms with Crippen molar-refractivity contribution in [2.24, 2.45) is 4.99 Å². The second kappa shape index (κ2) is 7.43. The second-order valence-electron chi connectivity index (χ2n) is 6.75. The normalized spacial score (nSPS) is 22.2. The molecule has 3 heterocycles. The van der Waals surface area contributed by atoms with E-state index < -0.39 is 15.8 Å². The summed E-state index contributed by atoms with van der Waals surface area (Å²) in [5.74, 6) is -0.502. The molecule has 29 heavy (non-hydrogen) atoms. The topological polar surface area (TPSA) is 90.6 Å². The molecule has 2 aliphatic heterocycles. The zero-order valence-corrected chi connectivity index (χ0v) is 18.1. The van der Waals surface area contributed by atoms with Crippen LogP contribution in [0.4, 0.5) is 0 Å². The van der Waals surface area contributed by atoms with Crippen molar-refractivity contribution in [1.29, 1.82) is 0 Å². The Morgan fingerprint density at radius 1 is 1.28 bits per heavy atom. The number of carbonyl (C=O) groups excluding carboxylic acids is 1. The minimum absolute atomic E-state index is 0.0107. The number of ether oxygens (including phenoxy) is 1. The van der Waals surface area contributed by atoms with Crippen molar-refractivity contribution in [2.75, 3.05) is 11.5 Å². The average molecular weight is 475 g/mol. The molecule has 0 spiro atoms. The fourth-order valence-corrected chi connectivity index (χ4v) is 5.78. The lowest BCUT2D eigenvalue weighted by atomic mass is 10.2. The summed E-state index contributed by atoms with van der Waals surface area (Å²) >= 11 is 18.5. The first-order valence-corrected chi connectivity index (χ1v) is 11.5. The first-order chi connectivity index (χ1) is 13.6. The summed E-state index contributed by atoms with van der Waals surface area (Å²) in [6.07, 6.45) is 1.92. The summed E-state index contributed by atoms with van der Waals surface area (Å²) in [5, 5.41) is 5.36. The van der Waals surface area contributed by atoms with Gasteiger partial charge >= 0.3 is 5.97 Å². The fraction of sp³-hybridized carbons (Fsp3) is 0.278. The van der Waals surface area contributed by atoms with E-state index in [-0.39, 0.29) is 34.3 Å². The first kappa shape index (κ1) is 20.4. The number of carbonyl (C=O) groups is 1. The van der Waals surface area contributed by atoms with Gasteiger partial charge in [-0.1, -0.05) is 34.8 Å². The third-order valence-electron chi connectivity index (χ3n) is 4.69. The molecular formula is C18H14Cl3N3O4S. The molecule has 0 bridgehead atoms. The van der Waals surface area contributed by atoms with Crippen molar-refractivity contribution >= 4 is 62.6 Å². The predicted octanol–water partition coefficient (Wildman–Crippen LogP) is 3.86. The summed E-state index contributed by atoms with van der Waals surface area (Å²) in [6.45, 7) is 1.72. The molecule has 0 N–H and O–H groups in total. The molecule has 1 aromatic heterocycles. The predicted molar refractivity (Wildman–Crippen MR) is 111 cm³/mol. The van der Waals surface area contributed by atoms with Gasteiger partial charge in [0, 0.05) is 10.6 Å². The van der Waals surface area contributed by atoms with Crippen LogP contribution in [0.25, 0.3) is 6.08 Å². The van der Waals surface area contributed by atoms with Gasteiger partial charge in [0.2, 0.25) is 5.90 Å². The molecule has 2 aliphatic rings. The van der Waals surface area contributed by atoms with Gasteiger partial charge in [-0.15, -0.1) is 0 Å². The van der Waals surface area contributed by atoms with Crippen LogP contribution < -0.4 is 0 Å². The molecule has 152 valence electrons. The molecule has 1 saturated heterocycles. The Balaban J connectivity index is 1.69. The lowest BCUT2D eigenvalue weighted by Crippen LogP contribution is -2.12. The van der Waals surface area contributed by atoms with Crippen LogP contribution in [0.5, 0.6) is 0 Å². The van der Waals surface area contributed by atoms with Crippen LogP contribution in [-0.4, -0.2) is 41.6 Å². The van der Waals surface area contributed by atoms with E-state index in [1.54, 1.807) is 19.1 Å². The molecule has 4 rings (SSSR count). The second-order valence-corrected chi connectivity index (χ2v) is 10.2. The van der Waals surface area contributed by atoms with Crippen LogP contribution in [0.2, 0.25) is 15.2 Å². The van der Waals surface area contributed by atoms with E-state index in [0.717, 1.165) is 0 Å². The molecule has 0 amide bonds. The van der Waals surface area contributed by atoms with E-state index in [0.29, 0.717) is 33.3 Å². The Kier molecular flexibility index (Phi) is 5.23. The minimum Gasteiger partial charge on any atom is -0.402 e. The summed E-state index contributed by atoms with van der Waals surface area (Å²) in [6, 6.07) is 4.41. The van der Waals surface area contributed by atoms with Gasteiger partial charge in [-0.25, -0.2) is 22.9 Å². The molecule has 11 heteroatoms. The van der Waals surface area contributed by atoms with Crippen molar-refractivity contribution in [3.05, 3.63) is 55.9 Å². The molecular weight excluding hydrogens is 461 g/mol. The Hall–Kier alpha value is -1.87. The summed E-state index contributed by atoms with van der Waals surface area (Å²) in [5.41, 5.74) is 1.50. The van der Waals surface area contributed by atoms with Crippen molar-refractivity contribution in [2.45, 2.75) is 19.4 Å². The van der Waals surface area contributed by atoms with E-state index in [4.69, 9.17) is 39.5 Å². The van der Waals surface area contributed by atoms with Crippen LogP contribution >= 0.6 is 34.8 Å². The van der Waals surface area contributed by atoms with E-state index in [1.807, 2.05) is 0 Å². The Morgan fingerprint density at radius 3 is 2.69 bits per heavy atom. The van der Waals surface area contributed by atoms with Gasteiger partial charge in [0.05, 0.1) is 33.8 Å². The number of hydrogen-bond acceptors (Lipinski definition) is 6. The number of benzene rings is 1. The van der Waals surface area contributed by atoms with Crippen LogP contribution in [-0.2, 0) is 19.4 Å². The van der Waals surface area contributed by atoms with Gasteiger partial charge in [0.1, 0.15) is 5.15 Å². The molecule has 7 nitrogen and oxygen atoms in total. The maximum Gasteiger partial charge on any atom is 0.363 e. The number of nitrogens with zero attached hydrogens (tertiary/aromatic N) is 3. The van der Waals surface area contributed by atoms with Crippen molar-refractivity contribution in [3.63, 3.8) is 0 Å². The van der Waals surface area contributed by atoms with Gasteiger partial charge in [-0.05, 0) is 37.6 Å². The maximum absolute atomic E-state index is 12.3. The summed E-state index contributed by atoms with van der Waals surface area (Å²) < 4.78 is 30.3. The lowest BCUT2D eigenvalue weighted by Gasteiger charge is -2.09. The lowest BCUT2D eigenvalue weighted by molar-refractivity contribution is -0.129. The number of sulfone groups is 1. The van der Waals surface area contributed by atoms with Crippen LogP contribution in [0, 0.1) is 6.92 Å². The van der Waals surface area contributed by atoms with Gasteiger partial charge in [0.25, 0.3) is 0 Å². The van der Waals surface area contributed by atoms with Gasteiger partial charge in [0.15, 0.2) is 15.5 Å². The van der Waals surface area contributed by atoms with Gasteiger partial charge in [-0.3, -0.25) is 0 Å². The molecule has 0 aliphatic carbocycles. The zero-order chi connectivity index (χ0) is 20.9. The highest BCUT2D eigenvalue weighted by Gasteiger charge is 2.32. The van der Waals surface area contributed by atoms with E-state index in [2.05, 4.69) is 10.1 Å². The van der Waals surface area contributed by atoms with Crippen LogP contribution in [0.1, 0.15) is 29.3 Å². The largest absolute Gasteiger partial charge is 0.402 e. The van der Waals surface area contributed by atoms with Gasteiger partial charge < -0.3 is 4.74 Å². The molecule has 1 aromatic carbocycles. The van der Waals surface area contributed by atoms with E-state index in [9.17, 15) is 13.2 Å². The van der Waals surface area contributed by atoms with Crippen molar-refractivity contribution in [1.82, 2.24) is 9.78 Å². The molecule has 0 radical (unpaired) electrons. The Morgan fingerprint density at radius 2 is 2.03 bits per heavy atom. The molecule has 2 aromatic rings. The van der Waals surface area contributed by atoms with Crippen LogP contribution in [0.3, 0.4) is 0 Å². The van der Waals surface area contributed by atoms with Gasteiger partial charge in [-0.2, -0.15) is 5.10 Å². The number of hydrogen-bond donors (Lipinski definition) is 0. The minimum atomic E-state index is -3.09. The summed E-state index contributed by atoms with van der Waals surface area (Å²) in [7, 11) is -3.09. The van der Waals surface area contributed by atoms with Crippen LogP contribution in [0.15, 0.2) is 28.9 Å². The first-order valence-electron chi connectivity index (χ1n) is 8.57. The highest BCUT2D eigenvalue weighted by atomic mass is 35.5. The monoisotopic (exact) mass is 473 g/mol. The third-order valence-corrected chi connectivity index (χ3v) is 7.36. The average Bonchev–Trinajstić information content (AvgIpc) is 3.26.